The molecule has 0 amide bonds. The van der Waals surface area contributed by atoms with Gasteiger partial charge in [-0.25, -0.2) is 8.42 Å². The fourth-order valence-electron chi connectivity index (χ4n) is 2.11. The average molecular weight is 340 g/mol. The molecule has 2 aromatic rings. The van der Waals surface area contributed by atoms with E-state index in [4.69, 9.17) is 4.74 Å². The van der Waals surface area contributed by atoms with Crippen LogP contribution in [0.1, 0.15) is 12.8 Å². The standard InChI is InChI=1S/C13H16N4O3S2/c18-22(19,13-4-2-8-21-13)17-12-6-5-11(15-16-12)14-9-10-3-1-7-20-10/h2,4-6,8,10H,1,3,7,9H2,(H,14,15)(H,16,17). The van der Waals surface area contributed by atoms with Crippen molar-refractivity contribution in [3.05, 3.63) is 29.6 Å². The lowest BCUT2D eigenvalue weighted by atomic mass is 10.2. The van der Waals surface area contributed by atoms with Crippen molar-refractivity contribution in [3.63, 3.8) is 0 Å². The molecule has 1 atom stereocenters. The molecule has 7 nitrogen and oxygen atoms in total. The van der Waals surface area contributed by atoms with E-state index in [0.717, 1.165) is 30.8 Å². The van der Waals surface area contributed by atoms with Gasteiger partial charge in [0.05, 0.1) is 6.10 Å². The third kappa shape index (κ3) is 3.73. The Morgan fingerprint density at radius 1 is 1.27 bits per heavy atom. The Morgan fingerprint density at radius 3 is 2.73 bits per heavy atom. The molecule has 2 aromatic heterocycles. The zero-order chi connectivity index (χ0) is 15.4. The lowest BCUT2D eigenvalue weighted by Gasteiger charge is -2.11. The van der Waals surface area contributed by atoms with E-state index in [0.29, 0.717) is 12.4 Å². The topological polar surface area (TPSA) is 93.2 Å². The van der Waals surface area contributed by atoms with Gasteiger partial charge in [0.1, 0.15) is 10.0 Å². The molecule has 22 heavy (non-hydrogen) atoms. The third-order valence-corrected chi connectivity index (χ3v) is 5.95. The largest absolute Gasteiger partial charge is 0.376 e. The number of nitrogens with one attached hydrogen (secondary N) is 2. The van der Waals surface area contributed by atoms with Crippen LogP contribution in [0.3, 0.4) is 0 Å². The molecule has 9 heteroatoms. The van der Waals surface area contributed by atoms with Gasteiger partial charge in [-0.1, -0.05) is 6.07 Å². The summed E-state index contributed by atoms with van der Waals surface area (Å²) in [5, 5.41) is 12.7. The number of hydrogen-bond acceptors (Lipinski definition) is 7. The highest BCUT2D eigenvalue weighted by Crippen LogP contribution is 2.19. The van der Waals surface area contributed by atoms with Gasteiger partial charge in [-0.05, 0) is 36.4 Å². The monoisotopic (exact) mass is 340 g/mol. The Labute approximate surface area is 132 Å². The van der Waals surface area contributed by atoms with Crippen molar-refractivity contribution < 1.29 is 13.2 Å². The van der Waals surface area contributed by atoms with Gasteiger partial charge in [-0.3, -0.25) is 4.72 Å². The molecule has 0 saturated carbocycles. The van der Waals surface area contributed by atoms with E-state index < -0.39 is 10.0 Å². The van der Waals surface area contributed by atoms with Crippen molar-refractivity contribution in [2.45, 2.75) is 23.2 Å². The van der Waals surface area contributed by atoms with Crippen molar-refractivity contribution in [3.8, 4) is 0 Å². The average Bonchev–Trinajstić information content (AvgIpc) is 3.20. The highest BCUT2D eigenvalue weighted by molar-refractivity contribution is 7.94. The molecule has 1 fully saturated rings. The molecule has 0 aliphatic carbocycles. The van der Waals surface area contributed by atoms with E-state index in [-0.39, 0.29) is 16.1 Å². The Hall–Kier alpha value is -1.71. The molecule has 0 bridgehead atoms. The predicted octanol–water partition coefficient (Wildman–Crippen LogP) is 1.93. The van der Waals surface area contributed by atoms with Crippen LogP contribution in [0.15, 0.2) is 33.9 Å². The van der Waals surface area contributed by atoms with Gasteiger partial charge in [0.2, 0.25) is 0 Å². The van der Waals surface area contributed by atoms with Gasteiger partial charge in [0.15, 0.2) is 5.82 Å². The van der Waals surface area contributed by atoms with Gasteiger partial charge in [0.25, 0.3) is 10.0 Å². The molecule has 118 valence electrons. The fourth-order valence-corrected chi connectivity index (χ4v) is 4.10. The number of anilines is 2. The number of thiophene rings is 1. The number of rotatable bonds is 6. The number of ether oxygens (including phenoxy) is 1. The van der Waals surface area contributed by atoms with Crippen LogP contribution in [0.4, 0.5) is 11.6 Å². The lowest BCUT2D eigenvalue weighted by molar-refractivity contribution is 0.120. The minimum atomic E-state index is -3.58. The Morgan fingerprint density at radius 2 is 2.09 bits per heavy atom. The molecule has 2 N–H and O–H groups in total. The SMILES string of the molecule is O=S(=O)(Nc1ccc(NCC2CCCO2)nn1)c1cccs1. The minimum Gasteiger partial charge on any atom is -0.376 e. The maximum Gasteiger partial charge on any atom is 0.272 e. The molecule has 1 aliphatic heterocycles. The maximum atomic E-state index is 12.0. The Balaban J connectivity index is 1.59. The highest BCUT2D eigenvalue weighted by atomic mass is 32.2. The number of nitrogens with zero attached hydrogens (tertiary/aromatic N) is 2. The number of aromatic nitrogens is 2. The normalized spacial score (nSPS) is 18.3. The van der Waals surface area contributed by atoms with E-state index in [1.54, 1.807) is 23.6 Å². The first-order valence-electron chi connectivity index (χ1n) is 6.89. The summed E-state index contributed by atoms with van der Waals surface area (Å²) in [5.74, 6) is 0.783. The molecule has 3 rings (SSSR count). The first-order valence-corrected chi connectivity index (χ1v) is 9.25. The molecule has 0 radical (unpaired) electrons. The van der Waals surface area contributed by atoms with Crippen LogP contribution in [0.2, 0.25) is 0 Å². The third-order valence-electron chi connectivity index (χ3n) is 3.20. The summed E-state index contributed by atoms with van der Waals surface area (Å²) in [5.41, 5.74) is 0. The number of sulfonamides is 1. The van der Waals surface area contributed by atoms with Crippen LogP contribution in [-0.2, 0) is 14.8 Å². The number of hydrogen-bond donors (Lipinski definition) is 2. The van der Waals surface area contributed by atoms with Gasteiger partial charge >= 0.3 is 0 Å². The lowest BCUT2D eigenvalue weighted by Crippen LogP contribution is -2.19. The van der Waals surface area contributed by atoms with Crippen LogP contribution in [0, 0.1) is 0 Å². The van der Waals surface area contributed by atoms with Gasteiger partial charge in [-0.15, -0.1) is 21.5 Å². The van der Waals surface area contributed by atoms with E-state index in [1.165, 1.54) is 6.07 Å². The summed E-state index contributed by atoms with van der Waals surface area (Å²) in [6.07, 6.45) is 2.33. The molecule has 3 heterocycles. The summed E-state index contributed by atoms with van der Waals surface area (Å²) in [4.78, 5) is 0. The molecule has 1 unspecified atom stereocenters. The Bertz CT molecular complexity index is 695. The predicted molar refractivity (Wildman–Crippen MR) is 84.6 cm³/mol. The van der Waals surface area contributed by atoms with Gasteiger partial charge in [0, 0.05) is 13.2 Å². The maximum absolute atomic E-state index is 12.0. The first-order chi connectivity index (χ1) is 10.6. The second kappa shape index (κ2) is 6.59. The molecule has 0 aromatic carbocycles. The molecular formula is C13H16N4O3S2. The van der Waals surface area contributed by atoms with Crippen molar-refractivity contribution in [2.24, 2.45) is 0 Å². The molecule has 1 saturated heterocycles. The van der Waals surface area contributed by atoms with Gasteiger partial charge in [-0.2, -0.15) is 0 Å². The van der Waals surface area contributed by atoms with E-state index in [9.17, 15) is 8.42 Å². The zero-order valence-electron chi connectivity index (χ0n) is 11.7. The van der Waals surface area contributed by atoms with Crippen LogP contribution < -0.4 is 10.0 Å². The minimum absolute atomic E-state index is 0.191. The quantitative estimate of drug-likeness (QED) is 0.834. The fraction of sp³-hybridized carbons (Fsp3) is 0.385. The van der Waals surface area contributed by atoms with Crippen LogP contribution in [0.5, 0.6) is 0 Å². The summed E-state index contributed by atoms with van der Waals surface area (Å²) < 4.78 is 32.2. The second-order valence-corrected chi connectivity index (χ2v) is 7.71. The smallest absolute Gasteiger partial charge is 0.272 e. The van der Waals surface area contributed by atoms with Crippen LogP contribution in [0.25, 0.3) is 0 Å². The van der Waals surface area contributed by atoms with Crippen molar-refractivity contribution >= 4 is 33.0 Å². The van der Waals surface area contributed by atoms with Crippen LogP contribution >= 0.6 is 11.3 Å². The summed E-state index contributed by atoms with van der Waals surface area (Å²) in [6.45, 7) is 1.48. The second-order valence-electron chi connectivity index (χ2n) is 4.86. The summed E-state index contributed by atoms with van der Waals surface area (Å²) >= 11 is 1.15. The summed E-state index contributed by atoms with van der Waals surface area (Å²) in [7, 11) is -3.58. The van der Waals surface area contributed by atoms with Crippen molar-refractivity contribution in [1.82, 2.24) is 10.2 Å². The Kier molecular flexibility index (Phi) is 4.55. The van der Waals surface area contributed by atoms with Crippen LogP contribution in [-0.4, -0.2) is 37.9 Å². The zero-order valence-corrected chi connectivity index (χ0v) is 13.4. The molecule has 0 spiro atoms. The van der Waals surface area contributed by atoms with Gasteiger partial charge < -0.3 is 10.1 Å². The molecular weight excluding hydrogens is 324 g/mol. The van der Waals surface area contributed by atoms with E-state index in [2.05, 4.69) is 20.2 Å². The highest BCUT2D eigenvalue weighted by Gasteiger charge is 2.17. The van der Waals surface area contributed by atoms with Crippen molar-refractivity contribution in [1.29, 1.82) is 0 Å². The molecule has 1 aliphatic rings. The first kappa shape index (κ1) is 15.2. The van der Waals surface area contributed by atoms with Crippen molar-refractivity contribution in [2.75, 3.05) is 23.2 Å². The van der Waals surface area contributed by atoms with E-state index in [1.807, 2.05) is 0 Å². The summed E-state index contributed by atoms with van der Waals surface area (Å²) in [6, 6.07) is 6.49. The van der Waals surface area contributed by atoms with E-state index >= 15 is 0 Å².